The molecule has 2 amide bonds. The van der Waals surface area contributed by atoms with Gasteiger partial charge in [-0.1, -0.05) is 30.3 Å². The van der Waals surface area contributed by atoms with Gasteiger partial charge in [0.15, 0.2) is 0 Å². The van der Waals surface area contributed by atoms with Gasteiger partial charge >= 0.3 is 6.03 Å². The molecular formula is C17H20N4O2. The first-order valence-electron chi connectivity index (χ1n) is 7.76. The van der Waals surface area contributed by atoms with Gasteiger partial charge in [0.1, 0.15) is 0 Å². The Morgan fingerprint density at radius 1 is 1.30 bits per heavy atom. The number of aromatic nitrogens is 2. The molecule has 0 fully saturated rings. The largest absolute Gasteiger partial charge is 0.338 e. The minimum Gasteiger partial charge on any atom is -0.338 e. The molecule has 1 aliphatic heterocycles. The number of nitrogens with one attached hydrogen (secondary N) is 1. The number of hydrogen-bond acceptors (Lipinski definition) is 3. The maximum Gasteiger partial charge on any atom is 0.317 e. The van der Waals surface area contributed by atoms with E-state index >= 15 is 0 Å². The van der Waals surface area contributed by atoms with Crippen molar-refractivity contribution in [1.82, 2.24) is 20.0 Å². The molecule has 0 atom stereocenters. The fraction of sp³-hybridized carbons (Fsp3) is 0.353. The van der Waals surface area contributed by atoms with Crippen LogP contribution in [0.2, 0.25) is 0 Å². The number of hydrogen-bond donors (Lipinski definition) is 1. The van der Waals surface area contributed by atoms with Crippen molar-refractivity contribution in [2.24, 2.45) is 7.05 Å². The van der Waals surface area contributed by atoms with Gasteiger partial charge in [0, 0.05) is 44.7 Å². The zero-order chi connectivity index (χ0) is 16.2. The van der Waals surface area contributed by atoms with E-state index in [0.717, 1.165) is 17.7 Å². The van der Waals surface area contributed by atoms with Gasteiger partial charge in [-0.25, -0.2) is 9.48 Å². The van der Waals surface area contributed by atoms with Crippen LogP contribution in [-0.4, -0.2) is 33.8 Å². The van der Waals surface area contributed by atoms with E-state index in [1.807, 2.05) is 30.3 Å². The van der Waals surface area contributed by atoms with Crippen LogP contribution in [0.1, 0.15) is 16.8 Å². The minimum absolute atomic E-state index is 0.0905. The Hall–Kier alpha value is -2.63. The number of rotatable bonds is 3. The average Bonchev–Trinajstić information content (AvgIpc) is 2.56. The van der Waals surface area contributed by atoms with E-state index in [4.69, 9.17) is 0 Å². The fourth-order valence-corrected chi connectivity index (χ4v) is 2.74. The molecule has 23 heavy (non-hydrogen) atoms. The molecule has 0 spiro atoms. The van der Waals surface area contributed by atoms with Crippen molar-refractivity contribution in [3.05, 3.63) is 63.6 Å². The topological polar surface area (TPSA) is 67.2 Å². The number of benzene rings is 1. The second-order valence-corrected chi connectivity index (χ2v) is 5.72. The molecule has 1 aromatic heterocycles. The van der Waals surface area contributed by atoms with Crippen LogP contribution >= 0.6 is 0 Å². The molecule has 1 aromatic carbocycles. The van der Waals surface area contributed by atoms with Crippen LogP contribution < -0.4 is 10.9 Å². The van der Waals surface area contributed by atoms with Gasteiger partial charge in [-0.05, 0) is 12.0 Å². The number of amides is 2. The van der Waals surface area contributed by atoms with Crippen LogP contribution in [0.15, 0.2) is 41.2 Å². The van der Waals surface area contributed by atoms with Gasteiger partial charge in [-0.15, -0.1) is 0 Å². The summed E-state index contributed by atoms with van der Waals surface area (Å²) in [7, 11) is 1.64. The van der Waals surface area contributed by atoms with Crippen molar-refractivity contribution in [3.8, 4) is 0 Å². The quantitative estimate of drug-likeness (QED) is 0.922. The smallest absolute Gasteiger partial charge is 0.317 e. The summed E-state index contributed by atoms with van der Waals surface area (Å²) in [6, 6.07) is 11.5. The summed E-state index contributed by atoms with van der Waals surface area (Å²) in [4.78, 5) is 25.7. The van der Waals surface area contributed by atoms with Crippen LogP contribution in [0, 0.1) is 0 Å². The Morgan fingerprint density at radius 3 is 2.87 bits per heavy atom. The van der Waals surface area contributed by atoms with Crippen molar-refractivity contribution >= 4 is 6.03 Å². The molecule has 0 aliphatic carbocycles. The molecule has 0 radical (unpaired) electrons. The van der Waals surface area contributed by atoms with E-state index in [0.29, 0.717) is 26.1 Å². The van der Waals surface area contributed by atoms with Crippen LogP contribution in [-0.2, 0) is 26.4 Å². The molecule has 2 heterocycles. The summed E-state index contributed by atoms with van der Waals surface area (Å²) in [6.07, 6.45) is 1.48. The molecular weight excluding hydrogens is 292 g/mol. The molecule has 0 saturated heterocycles. The number of carbonyl (C=O) groups is 1. The van der Waals surface area contributed by atoms with Gasteiger partial charge in [0.05, 0.1) is 5.69 Å². The highest BCUT2D eigenvalue weighted by Crippen LogP contribution is 2.14. The van der Waals surface area contributed by atoms with Crippen LogP contribution in [0.3, 0.4) is 0 Å². The minimum atomic E-state index is -0.143. The highest BCUT2D eigenvalue weighted by molar-refractivity contribution is 5.74. The molecule has 0 unspecified atom stereocenters. The van der Waals surface area contributed by atoms with Crippen molar-refractivity contribution in [2.75, 3.05) is 13.1 Å². The van der Waals surface area contributed by atoms with Crippen molar-refractivity contribution in [2.45, 2.75) is 19.4 Å². The third-order valence-electron chi connectivity index (χ3n) is 4.06. The van der Waals surface area contributed by atoms with E-state index in [2.05, 4.69) is 10.4 Å². The summed E-state index contributed by atoms with van der Waals surface area (Å²) in [5.41, 5.74) is 2.80. The second kappa shape index (κ2) is 6.64. The first kappa shape index (κ1) is 15.3. The monoisotopic (exact) mass is 312 g/mol. The van der Waals surface area contributed by atoms with Crippen molar-refractivity contribution in [1.29, 1.82) is 0 Å². The van der Waals surface area contributed by atoms with Gasteiger partial charge in [-0.3, -0.25) is 4.79 Å². The van der Waals surface area contributed by atoms with Crippen LogP contribution in [0.25, 0.3) is 0 Å². The molecule has 120 valence electrons. The Bertz CT molecular complexity index is 755. The molecule has 6 heteroatoms. The van der Waals surface area contributed by atoms with E-state index in [1.165, 1.54) is 10.2 Å². The highest BCUT2D eigenvalue weighted by Gasteiger charge is 2.22. The van der Waals surface area contributed by atoms with Crippen LogP contribution in [0.4, 0.5) is 4.79 Å². The van der Waals surface area contributed by atoms with Gasteiger partial charge in [-0.2, -0.15) is 5.10 Å². The third-order valence-corrected chi connectivity index (χ3v) is 4.06. The number of fused-ring (bicyclic) bond motifs is 1. The first-order valence-corrected chi connectivity index (χ1v) is 7.76. The molecule has 1 N–H and O–H groups in total. The maximum atomic E-state index is 12.3. The summed E-state index contributed by atoms with van der Waals surface area (Å²) in [5, 5.41) is 7.20. The summed E-state index contributed by atoms with van der Waals surface area (Å²) in [6.45, 7) is 1.66. The standard InChI is InChI=1S/C17H20N4O2/c1-20-16(22)11-14-12-21(10-8-15(14)19-20)17(23)18-9-7-13-5-3-2-4-6-13/h2-6,11H,7-10,12H2,1H3,(H,18,23). The van der Waals surface area contributed by atoms with E-state index in [-0.39, 0.29) is 11.6 Å². The molecule has 3 rings (SSSR count). The molecule has 6 nitrogen and oxygen atoms in total. The lowest BCUT2D eigenvalue weighted by Crippen LogP contribution is -2.44. The predicted octanol–water partition coefficient (Wildman–Crippen LogP) is 1.09. The molecule has 2 aromatic rings. The summed E-state index contributed by atoms with van der Waals surface area (Å²) >= 11 is 0. The lowest BCUT2D eigenvalue weighted by molar-refractivity contribution is 0.191. The van der Waals surface area contributed by atoms with E-state index in [1.54, 1.807) is 18.0 Å². The van der Waals surface area contributed by atoms with Crippen molar-refractivity contribution in [3.63, 3.8) is 0 Å². The second-order valence-electron chi connectivity index (χ2n) is 5.72. The van der Waals surface area contributed by atoms with Gasteiger partial charge < -0.3 is 10.2 Å². The van der Waals surface area contributed by atoms with Crippen molar-refractivity contribution < 1.29 is 4.79 Å². The lowest BCUT2D eigenvalue weighted by Gasteiger charge is -2.28. The lowest BCUT2D eigenvalue weighted by atomic mass is 10.1. The SMILES string of the molecule is Cn1nc2c(cc1=O)CN(C(=O)NCCc1ccccc1)CC2. The number of aryl methyl sites for hydroxylation is 1. The first-order chi connectivity index (χ1) is 11.1. The zero-order valence-corrected chi connectivity index (χ0v) is 13.2. The Labute approximate surface area is 134 Å². The molecule has 0 saturated carbocycles. The van der Waals surface area contributed by atoms with E-state index in [9.17, 15) is 9.59 Å². The Balaban J connectivity index is 1.56. The number of urea groups is 1. The summed E-state index contributed by atoms with van der Waals surface area (Å²) < 4.78 is 1.34. The predicted molar refractivity (Wildman–Crippen MR) is 87.1 cm³/mol. The highest BCUT2D eigenvalue weighted by atomic mass is 16.2. The van der Waals surface area contributed by atoms with Gasteiger partial charge in [0.25, 0.3) is 5.56 Å². The third kappa shape index (κ3) is 3.59. The summed E-state index contributed by atoms with van der Waals surface area (Å²) in [5.74, 6) is 0. The maximum absolute atomic E-state index is 12.3. The fourth-order valence-electron chi connectivity index (χ4n) is 2.74. The zero-order valence-electron chi connectivity index (χ0n) is 13.2. The average molecular weight is 312 g/mol. The Morgan fingerprint density at radius 2 is 2.09 bits per heavy atom. The normalized spacial score (nSPS) is 13.5. The molecule has 1 aliphatic rings. The number of carbonyl (C=O) groups excluding carboxylic acids is 1. The van der Waals surface area contributed by atoms with Crippen LogP contribution in [0.5, 0.6) is 0 Å². The number of nitrogens with zero attached hydrogens (tertiary/aromatic N) is 3. The van der Waals surface area contributed by atoms with E-state index < -0.39 is 0 Å². The molecule has 0 bridgehead atoms. The van der Waals surface area contributed by atoms with Gasteiger partial charge in [0.2, 0.25) is 0 Å². The Kier molecular flexibility index (Phi) is 4.41.